The maximum Gasteiger partial charge on any atom is 0.0442 e. The van der Waals surface area contributed by atoms with E-state index in [0.29, 0.717) is 6.04 Å². The second kappa shape index (κ2) is 9.83. The van der Waals surface area contributed by atoms with Crippen molar-refractivity contribution < 1.29 is 0 Å². The molecule has 2 nitrogen and oxygen atoms in total. The van der Waals surface area contributed by atoms with Gasteiger partial charge in [0.2, 0.25) is 0 Å². The molecule has 0 fully saturated rings. The van der Waals surface area contributed by atoms with Crippen LogP contribution in [-0.4, -0.2) is 24.8 Å². The lowest BCUT2D eigenvalue weighted by molar-refractivity contribution is 0.541. The fraction of sp³-hybridized carbons (Fsp3) is 0.929. The summed E-state index contributed by atoms with van der Waals surface area (Å²) >= 11 is 0. The lowest BCUT2D eigenvalue weighted by atomic mass is 10.1. The molecule has 0 aromatic carbocycles. The first-order valence-corrected chi connectivity index (χ1v) is 6.82. The van der Waals surface area contributed by atoms with Gasteiger partial charge in [0.15, 0.2) is 0 Å². The highest BCUT2D eigenvalue weighted by Gasteiger charge is 2.00. The van der Waals surface area contributed by atoms with Gasteiger partial charge in [0.05, 0.1) is 0 Å². The predicted molar refractivity (Wildman–Crippen MR) is 74.4 cm³/mol. The predicted octanol–water partition coefficient (Wildman–Crippen LogP) is 3.66. The summed E-state index contributed by atoms with van der Waals surface area (Å²) in [7, 11) is 0. The fourth-order valence-corrected chi connectivity index (χ4v) is 1.66. The Labute approximate surface area is 102 Å². The molecule has 0 aromatic rings. The molecule has 0 bridgehead atoms. The van der Waals surface area contributed by atoms with Crippen molar-refractivity contribution >= 4 is 5.71 Å². The molecule has 0 atom stereocenters. The summed E-state index contributed by atoms with van der Waals surface area (Å²) in [5, 5.41) is 3.50. The molecule has 0 radical (unpaired) electrons. The van der Waals surface area contributed by atoms with E-state index in [1.165, 1.54) is 18.6 Å². The Balaban J connectivity index is 3.68. The van der Waals surface area contributed by atoms with Crippen LogP contribution in [0.2, 0.25) is 0 Å². The maximum atomic E-state index is 4.68. The highest BCUT2D eigenvalue weighted by Crippen LogP contribution is 2.01. The van der Waals surface area contributed by atoms with E-state index in [-0.39, 0.29) is 0 Å². The van der Waals surface area contributed by atoms with E-state index in [4.69, 9.17) is 0 Å². The SMILES string of the molecule is CCCC(CCNCCC(C)C)=NC(C)C. The summed E-state index contributed by atoms with van der Waals surface area (Å²) in [6.07, 6.45) is 4.75. The third-order valence-electron chi connectivity index (χ3n) is 2.47. The van der Waals surface area contributed by atoms with Crippen LogP contribution in [0, 0.1) is 5.92 Å². The minimum atomic E-state index is 0.442. The highest BCUT2D eigenvalue weighted by molar-refractivity contribution is 5.84. The molecule has 0 aromatic heterocycles. The molecule has 1 N–H and O–H groups in total. The lowest BCUT2D eigenvalue weighted by Gasteiger charge is -2.09. The molecule has 2 heteroatoms. The standard InChI is InChI=1S/C14H30N2/c1-6-7-14(16-13(4)5)9-11-15-10-8-12(2)3/h12-13,15H,6-11H2,1-5H3. The Morgan fingerprint density at radius 3 is 2.25 bits per heavy atom. The average molecular weight is 226 g/mol. The molecule has 0 heterocycles. The minimum Gasteiger partial charge on any atom is -0.316 e. The van der Waals surface area contributed by atoms with Crippen molar-refractivity contribution in [3.63, 3.8) is 0 Å². The zero-order valence-corrected chi connectivity index (χ0v) is 11.8. The monoisotopic (exact) mass is 226 g/mol. The maximum absolute atomic E-state index is 4.68. The van der Waals surface area contributed by atoms with Crippen LogP contribution in [0.3, 0.4) is 0 Å². The van der Waals surface area contributed by atoms with Gasteiger partial charge < -0.3 is 5.32 Å². The van der Waals surface area contributed by atoms with E-state index >= 15 is 0 Å². The summed E-state index contributed by atoms with van der Waals surface area (Å²) in [6.45, 7) is 13.3. The molecule has 0 rings (SSSR count). The lowest BCUT2D eigenvalue weighted by Crippen LogP contribution is -2.21. The van der Waals surface area contributed by atoms with Crippen LogP contribution >= 0.6 is 0 Å². The van der Waals surface area contributed by atoms with E-state index in [9.17, 15) is 0 Å². The first kappa shape index (κ1) is 15.6. The van der Waals surface area contributed by atoms with Crippen LogP contribution < -0.4 is 5.32 Å². The number of rotatable bonds is 9. The van der Waals surface area contributed by atoms with E-state index < -0.39 is 0 Å². The largest absolute Gasteiger partial charge is 0.316 e. The van der Waals surface area contributed by atoms with Crippen LogP contribution in [0.1, 0.15) is 60.3 Å². The summed E-state index contributed by atoms with van der Waals surface area (Å²) in [5.41, 5.74) is 1.38. The van der Waals surface area contributed by atoms with Gasteiger partial charge in [-0.15, -0.1) is 0 Å². The number of hydrogen-bond acceptors (Lipinski definition) is 2. The van der Waals surface area contributed by atoms with Crippen molar-refractivity contribution in [1.82, 2.24) is 5.32 Å². The molecule has 0 spiro atoms. The molecular formula is C14H30N2. The Bertz CT molecular complexity index is 183. The van der Waals surface area contributed by atoms with Crippen molar-refractivity contribution in [3.05, 3.63) is 0 Å². The second-order valence-corrected chi connectivity index (χ2v) is 5.22. The second-order valence-electron chi connectivity index (χ2n) is 5.22. The molecule has 0 aliphatic heterocycles. The molecule has 0 saturated carbocycles. The van der Waals surface area contributed by atoms with Gasteiger partial charge in [-0.05, 0) is 45.6 Å². The van der Waals surface area contributed by atoms with E-state index in [2.05, 4.69) is 44.9 Å². The van der Waals surface area contributed by atoms with Crippen molar-refractivity contribution in [1.29, 1.82) is 0 Å². The molecule has 96 valence electrons. The summed E-state index contributed by atoms with van der Waals surface area (Å²) in [4.78, 5) is 4.68. The number of hydrogen-bond donors (Lipinski definition) is 1. The van der Waals surface area contributed by atoms with Crippen LogP contribution in [0.25, 0.3) is 0 Å². The number of aliphatic imine (C=N–C) groups is 1. The number of nitrogens with zero attached hydrogens (tertiary/aromatic N) is 1. The third kappa shape index (κ3) is 10.2. The van der Waals surface area contributed by atoms with Gasteiger partial charge in [0, 0.05) is 18.3 Å². The van der Waals surface area contributed by atoms with Crippen molar-refractivity contribution in [2.45, 2.75) is 66.3 Å². The molecular weight excluding hydrogens is 196 g/mol. The summed E-state index contributed by atoms with van der Waals surface area (Å²) in [5.74, 6) is 0.798. The normalized spacial score (nSPS) is 12.8. The Morgan fingerprint density at radius 2 is 1.75 bits per heavy atom. The van der Waals surface area contributed by atoms with Gasteiger partial charge in [-0.1, -0.05) is 27.2 Å². The first-order chi connectivity index (χ1) is 7.56. The van der Waals surface area contributed by atoms with Crippen LogP contribution in [0.5, 0.6) is 0 Å². The number of nitrogens with one attached hydrogen (secondary N) is 1. The van der Waals surface area contributed by atoms with Crippen molar-refractivity contribution in [2.75, 3.05) is 13.1 Å². The molecule has 0 unspecified atom stereocenters. The van der Waals surface area contributed by atoms with Crippen LogP contribution in [-0.2, 0) is 0 Å². The third-order valence-corrected chi connectivity index (χ3v) is 2.47. The van der Waals surface area contributed by atoms with E-state index in [0.717, 1.165) is 31.8 Å². The fourth-order valence-electron chi connectivity index (χ4n) is 1.66. The van der Waals surface area contributed by atoms with Crippen LogP contribution in [0.4, 0.5) is 0 Å². The Hall–Kier alpha value is -0.370. The average Bonchev–Trinajstić information content (AvgIpc) is 2.16. The zero-order chi connectivity index (χ0) is 12.4. The van der Waals surface area contributed by atoms with Crippen LogP contribution in [0.15, 0.2) is 4.99 Å². The molecule has 0 saturated heterocycles. The van der Waals surface area contributed by atoms with Gasteiger partial charge >= 0.3 is 0 Å². The summed E-state index contributed by atoms with van der Waals surface area (Å²) in [6, 6.07) is 0.442. The van der Waals surface area contributed by atoms with Gasteiger partial charge in [0.1, 0.15) is 0 Å². The Morgan fingerprint density at radius 1 is 1.06 bits per heavy atom. The molecule has 0 amide bonds. The zero-order valence-electron chi connectivity index (χ0n) is 11.8. The topological polar surface area (TPSA) is 24.4 Å². The molecule has 16 heavy (non-hydrogen) atoms. The van der Waals surface area contributed by atoms with Gasteiger partial charge in [-0.25, -0.2) is 0 Å². The van der Waals surface area contributed by atoms with Gasteiger partial charge in [0.25, 0.3) is 0 Å². The van der Waals surface area contributed by atoms with Crippen molar-refractivity contribution in [2.24, 2.45) is 10.9 Å². The highest BCUT2D eigenvalue weighted by atomic mass is 14.9. The van der Waals surface area contributed by atoms with Crippen molar-refractivity contribution in [3.8, 4) is 0 Å². The Kier molecular flexibility index (Phi) is 9.60. The molecule has 0 aliphatic rings. The molecule has 0 aliphatic carbocycles. The van der Waals surface area contributed by atoms with Gasteiger partial charge in [-0.2, -0.15) is 0 Å². The van der Waals surface area contributed by atoms with E-state index in [1.54, 1.807) is 0 Å². The summed E-state index contributed by atoms with van der Waals surface area (Å²) < 4.78 is 0. The minimum absolute atomic E-state index is 0.442. The quantitative estimate of drug-likeness (QED) is 0.471. The smallest absolute Gasteiger partial charge is 0.0442 e. The van der Waals surface area contributed by atoms with E-state index in [1.807, 2.05) is 0 Å². The first-order valence-electron chi connectivity index (χ1n) is 6.82. The van der Waals surface area contributed by atoms with Gasteiger partial charge in [-0.3, -0.25) is 4.99 Å².